The fourth-order valence-corrected chi connectivity index (χ4v) is 11.7. The molecule has 20 nitrogen and oxygen atoms in total. The zero-order chi connectivity index (χ0) is 55.4. The first-order chi connectivity index (χ1) is 37.9. The van der Waals surface area contributed by atoms with Gasteiger partial charge in [-0.2, -0.15) is 15.1 Å². The van der Waals surface area contributed by atoms with Crippen LogP contribution in [0.25, 0.3) is 44.2 Å². The Hall–Kier alpha value is -6.97. The van der Waals surface area contributed by atoms with E-state index in [9.17, 15) is 24.6 Å². The number of fused-ring (bicyclic) bond motifs is 2. The number of amides is 2. The summed E-state index contributed by atoms with van der Waals surface area (Å²) in [4.78, 5) is 54.8. The fraction of sp³-hybridized carbons (Fsp3) is 0.552. The van der Waals surface area contributed by atoms with E-state index in [0.717, 1.165) is 72.4 Å². The first-order valence-corrected chi connectivity index (χ1v) is 27.9. The van der Waals surface area contributed by atoms with Gasteiger partial charge < -0.3 is 48.6 Å². The van der Waals surface area contributed by atoms with Crippen LogP contribution in [0.15, 0.2) is 48.8 Å². The number of carbonyl (C=O) groups is 3. The van der Waals surface area contributed by atoms with Gasteiger partial charge >= 0.3 is 18.1 Å². The molecule has 1 saturated carbocycles. The van der Waals surface area contributed by atoms with Crippen LogP contribution in [0.4, 0.5) is 15.0 Å². The average molecular weight is 1090 g/mol. The molecule has 1 aliphatic carbocycles. The zero-order valence-corrected chi connectivity index (χ0v) is 46.1. The van der Waals surface area contributed by atoms with Crippen LogP contribution in [-0.2, 0) is 30.4 Å². The number of β-amino-alcohol motifs (C(OH)–C–C–N with tert-alkyl or cyclic N) is 1. The maximum Gasteiger partial charge on any atom is 0.410 e. The molecule has 1 unspecified atom stereocenters. The number of halogens is 1. The van der Waals surface area contributed by atoms with Gasteiger partial charge in [0.1, 0.15) is 53.7 Å². The summed E-state index contributed by atoms with van der Waals surface area (Å²) in [5.41, 5.74) is 5.25. The van der Waals surface area contributed by atoms with Crippen molar-refractivity contribution in [3.8, 4) is 34.1 Å². The van der Waals surface area contributed by atoms with E-state index in [-0.39, 0.29) is 74.3 Å². The number of anilines is 1. The highest BCUT2D eigenvalue weighted by molar-refractivity contribution is 6.06. The van der Waals surface area contributed by atoms with Gasteiger partial charge in [-0.1, -0.05) is 43.3 Å². The molecule has 2 N–H and O–H groups in total. The molecule has 3 aromatic carbocycles. The van der Waals surface area contributed by atoms with E-state index in [1.807, 2.05) is 76.8 Å². The molecule has 7 heterocycles. The van der Waals surface area contributed by atoms with Gasteiger partial charge in [-0.15, -0.1) is 5.10 Å². The van der Waals surface area contributed by atoms with E-state index in [2.05, 4.69) is 21.3 Å². The summed E-state index contributed by atoms with van der Waals surface area (Å²) in [5, 5.41) is 35.3. The maximum absolute atomic E-state index is 16.8. The van der Waals surface area contributed by atoms with E-state index in [1.165, 1.54) is 9.58 Å². The number of aliphatic hydroxyl groups excluding tert-OH is 1. The molecule has 6 atom stereocenters. The van der Waals surface area contributed by atoms with Gasteiger partial charge in [-0.3, -0.25) is 4.79 Å². The lowest BCUT2D eigenvalue weighted by Gasteiger charge is -2.29. The number of rotatable bonds is 16. The van der Waals surface area contributed by atoms with E-state index in [0.29, 0.717) is 77.7 Å². The second-order valence-corrected chi connectivity index (χ2v) is 23.3. The fourth-order valence-electron chi connectivity index (χ4n) is 11.7. The van der Waals surface area contributed by atoms with Crippen LogP contribution in [0.3, 0.4) is 0 Å². The second-order valence-electron chi connectivity index (χ2n) is 23.3. The number of carboxylic acids is 1. The van der Waals surface area contributed by atoms with Crippen molar-refractivity contribution in [2.75, 3.05) is 51.4 Å². The summed E-state index contributed by atoms with van der Waals surface area (Å²) in [5.74, 6) is -1.12. The molecule has 2 amide bonds. The summed E-state index contributed by atoms with van der Waals surface area (Å²) in [6.45, 7) is 13.5. The molecule has 0 spiro atoms. The van der Waals surface area contributed by atoms with E-state index in [1.54, 1.807) is 24.1 Å². The van der Waals surface area contributed by atoms with E-state index in [4.69, 9.17) is 38.8 Å². The highest BCUT2D eigenvalue weighted by Crippen LogP contribution is 2.54. The molecule has 3 aromatic heterocycles. The Kier molecular flexibility index (Phi) is 15.0. The van der Waals surface area contributed by atoms with Gasteiger partial charge in [-0.25, -0.2) is 23.3 Å². The number of aromatic nitrogens is 7. The van der Waals surface area contributed by atoms with Gasteiger partial charge in [0.2, 0.25) is 5.91 Å². The molecule has 5 aliphatic rings. The van der Waals surface area contributed by atoms with Gasteiger partial charge in [0.15, 0.2) is 12.0 Å². The molecule has 21 heteroatoms. The number of carbonyl (C=O) groups excluding carboxylic acids is 2. The number of likely N-dealkylation sites (tertiary alicyclic amines) is 2. The lowest BCUT2D eigenvalue weighted by Crippen LogP contribution is -2.45. The third-order valence-corrected chi connectivity index (χ3v) is 16.0. The van der Waals surface area contributed by atoms with Gasteiger partial charge in [0, 0.05) is 85.9 Å². The minimum Gasteiger partial charge on any atom is -0.486 e. The summed E-state index contributed by atoms with van der Waals surface area (Å²) >= 11 is 0. The normalized spacial score (nSPS) is 22.1. The van der Waals surface area contributed by atoms with Crippen LogP contribution in [-0.4, -0.2) is 149 Å². The van der Waals surface area contributed by atoms with Crippen LogP contribution in [0.2, 0.25) is 0 Å². The first-order valence-electron chi connectivity index (χ1n) is 27.9. The van der Waals surface area contributed by atoms with Crippen LogP contribution in [0.5, 0.6) is 11.8 Å². The molecule has 4 aliphatic heterocycles. The number of benzene rings is 3. The molecule has 11 rings (SSSR count). The van der Waals surface area contributed by atoms with Gasteiger partial charge in [-0.05, 0) is 114 Å². The van der Waals surface area contributed by atoms with Crippen molar-refractivity contribution in [3.05, 3.63) is 71.3 Å². The van der Waals surface area contributed by atoms with Gasteiger partial charge in [0.05, 0.1) is 30.1 Å². The van der Waals surface area contributed by atoms with Gasteiger partial charge in [0.25, 0.3) is 0 Å². The molecular weight excluding hydrogens is 1020 g/mol. The smallest absolute Gasteiger partial charge is 0.410 e. The van der Waals surface area contributed by atoms with Crippen LogP contribution >= 0.6 is 0 Å². The molecule has 0 radical (unpaired) electrons. The third kappa shape index (κ3) is 11.0. The molecule has 6 aromatic rings. The van der Waals surface area contributed by atoms with Crippen molar-refractivity contribution in [2.45, 2.75) is 154 Å². The first kappa shape index (κ1) is 54.0. The van der Waals surface area contributed by atoms with Crippen molar-refractivity contribution in [3.63, 3.8) is 0 Å². The average Bonchev–Trinajstić information content (AvgIpc) is 4.09. The summed E-state index contributed by atoms with van der Waals surface area (Å²) in [7, 11) is 1.98. The summed E-state index contributed by atoms with van der Waals surface area (Å²) in [6, 6.07) is 9.35. The van der Waals surface area contributed by atoms with Crippen molar-refractivity contribution < 1.29 is 52.7 Å². The Morgan fingerprint density at radius 3 is 2.42 bits per heavy atom. The Bertz CT molecular complexity index is 3250. The number of carboxylic acid groups (broad SMARTS) is 1. The number of ether oxygens (including phenoxy) is 5. The Labute approximate surface area is 458 Å². The second kappa shape index (κ2) is 21.9. The number of hydrogen-bond acceptors (Lipinski definition) is 15. The Morgan fingerprint density at radius 2 is 1.72 bits per heavy atom. The largest absolute Gasteiger partial charge is 0.486 e. The lowest BCUT2D eigenvalue weighted by atomic mass is 9.88. The monoisotopic (exact) mass is 1090 g/mol. The van der Waals surface area contributed by atoms with Crippen LogP contribution < -0.4 is 14.4 Å². The summed E-state index contributed by atoms with van der Waals surface area (Å²) < 4.78 is 51.8. The minimum absolute atomic E-state index is 0.0416. The lowest BCUT2D eigenvalue weighted by molar-refractivity contribution is -0.150. The zero-order valence-electron chi connectivity index (χ0n) is 46.1. The number of hydrogen-bond donors (Lipinski definition) is 2. The van der Waals surface area contributed by atoms with Crippen LogP contribution in [0.1, 0.15) is 127 Å². The predicted octanol–water partition coefficient (Wildman–Crippen LogP) is 8.75. The van der Waals surface area contributed by atoms with Crippen LogP contribution in [0, 0.1) is 18.7 Å². The van der Waals surface area contributed by atoms with Crippen molar-refractivity contribution in [1.29, 1.82) is 0 Å². The maximum atomic E-state index is 16.8. The van der Waals surface area contributed by atoms with E-state index < -0.39 is 35.7 Å². The highest BCUT2D eigenvalue weighted by atomic mass is 19.1. The third-order valence-electron chi connectivity index (χ3n) is 16.0. The Balaban J connectivity index is 1.00. The quantitative estimate of drug-likeness (QED) is 0.0925. The highest BCUT2D eigenvalue weighted by Gasteiger charge is 2.43. The standard InChI is InChI=1S/C58H71FN10O10/c1-32(2)51(54(71)67-28-38(70)23-46(67)55(72)73)68-29-44(63-64-68)36-15-13-34(14-16-36)30-77-52-49(48-33(3)43(59)25-45-42(48)26-60-69(45)47-12-8-9-21-76-47)40(35-17-18-35)24-41-50(52)61-56(78-31-39-11-10-22-75-39)62-53(41)65(7)37-19-20-66(27-37)57(74)79-58(4,5)6/h13-16,24-26,29,32,35,37-39,46-47,51,70H,8-12,17-23,27-28,30-31H2,1-7H3,(H,72,73)/t37-,38+,39-,46-,47?,51-/m0/s1. The molecule has 5 fully saturated rings. The summed E-state index contributed by atoms with van der Waals surface area (Å²) in [6.07, 6.45) is 8.61. The topological polar surface area (TPSA) is 222 Å². The molecule has 0 bridgehead atoms. The number of likely N-dealkylation sites (N-methyl/N-ethyl adjacent to an activating group) is 1. The molecule has 4 saturated heterocycles. The number of aliphatic carboxylic acids is 1. The van der Waals surface area contributed by atoms with Crippen molar-refractivity contribution in [1.82, 2.24) is 44.5 Å². The van der Waals surface area contributed by atoms with Crippen molar-refractivity contribution in [2.24, 2.45) is 5.92 Å². The number of nitrogens with zero attached hydrogens (tertiary/aromatic N) is 10. The van der Waals surface area contributed by atoms with Crippen molar-refractivity contribution >= 4 is 45.6 Å². The minimum atomic E-state index is -1.17. The molecule has 420 valence electrons. The molecular formula is C58H71FN10O10. The Morgan fingerprint density at radius 1 is 0.937 bits per heavy atom. The molecule has 79 heavy (non-hydrogen) atoms. The predicted molar refractivity (Wildman–Crippen MR) is 290 cm³/mol. The van der Waals surface area contributed by atoms with E-state index >= 15 is 4.39 Å². The SMILES string of the molecule is Cc1c(F)cc2c(cnn2C2CCCCO2)c1-c1c(C2CC2)cc2c(N(C)[C@H]3CCN(C(=O)OC(C)(C)C)C3)nc(OC[C@@H]3CCCO3)nc2c1OCc1ccc(-c2cn([C@H](C(=O)N3C[C@H](O)C[C@H]3C(=O)O)C(C)C)nn2)cc1. The number of aliphatic hydroxyl groups is 1.